The van der Waals surface area contributed by atoms with E-state index in [0.717, 1.165) is 29.7 Å². The minimum atomic E-state index is -0.657. The molecule has 35 heavy (non-hydrogen) atoms. The molecule has 1 aliphatic heterocycles. The summed E-state index contributed by atoms with van der Waals surface area (Å²) < 4.78 is 44.0. The molecule has 1 aromatic carbocycles. The first-order chi connectivity index (χ1) is 16.8. The van der Waals surface area contributed by atoms with Gasteiger partial charge in [0.25, 0.3) is 0 Å². The fourth-order valence-electron chi connectivity index (χ4n) is 4.69. The fraction of sp³-hybridized carbons (Fsp3) is 0.360. The van der Waals surface area contributed by atoms with Crippen molar-refractivity contribution in [3.05, 3.63) is 59.0 Å². The molecule has 1 aliphatic rings. The van der Waals surface area contributed by atoms with Crippen molar-refractivity contribution in [2.75, 3.05) is 25.1 Å². The third-order valence-corrected chi connectivity index (χ3v) is 6.27. The smallest absolute Gasteiger partial charge is 0.229 e. The van der Waals surface area contributed by atoms with Crippen molar-refractivity contribution in [2.45, 2.75) is 32.7 Å². The summed E-state index contributed by atoms with van der Waals surface area (Å²) in [5, 5.41) is 7.94. The van der Waals surface area contributed by atoms with Gasteiger partial charge in [-0.05, 0) is 29.7 Å². The molecule has 0 saturated carbocycles. The molecule has 0 radical (unpaired) electrons. The highest BCUT2D eigenvalue weighted by molar-refractivity contribution is 5.87. The average Bonchev–Trinajstić information content (AvgIpc) is 3.17. The van der Waals surface area contributed by atoms with Crippen molar-refractivity contribution < 1.29 is 13.2 Å². The van der Waals surface area contributed by atoms with Crippen LogP contribution in [0.15, 0.2) is 30.5 Å². The topological polar surface area (TPSA) is 71.8 Å². The minimum absolute atomic E-state index is 0.0123. The van der Waals surface area contributed by atoms with Crippen molar-refractivity contribution in [1.29, 1.82) is 0 Å². The molecule has 182 valence electrons. The lowest BCUT2D eigenvalue weighted by Crippen LogP contribution is -2.32. The number of aryl methyl sites for hydroxylation is 1. The predicted octanol–water partition coefficient (Wildman–Crippen LogP) is 4.90. The summed E-state index contributed by atoms with van der Waals surface area (Å²) in [5.74, 6) is -0.414. The number of halogens is 3. The molecule has 0 bridgehead atoms. The number of alkyl halides is 1. The Kier molecular flexibility index (Phi) is 6.14. The van der Waals surface area contributed by atoms with Crippen LogP contribution in [0.2, 0.25) is 0 Å². The number of anilines is 2. The van der Waals surface area contributed by atoms with E-state index in [-0.39, 0.29) is 29.8 Å². The number of aromatic nitrogens is 5. The highest BCUT2D eigenvalue weighted by atomic mass is 19.1. The summed E-state index contributed by atoms with van der Waals surface area (Å²) in [6, 6.07) is 6.70. The van der Waals surface area contributed by atoms with Gasteiger partial charge in [-0.1, -0.05) is 19.9 Å². The summed E-state index contributed by atoms with van der Waals surface area (Å²) in [4.78, 5) is 15.1. The van der Waals surface area contributed by atoms with E-state index in [1.807, 2.05) is 19.9 Å². The lowest BCUT2D eigenvalue weighted by Gasteiger charge is -2.27. The molecule has 0 aliphatic carbocycles. The lowest BCUT2D eigenvalue weighted by atomic mass is 10.0. The van der Waals surface area contributed by atoms with Gasteiger partial charge >= 0.3 is 0 Å². The maximum atomic E-state index is 14.9. The highest BCUT2D eigenvalue weighted by Crippen LogP contribution is 2.32. The van der Waals surface area contributed by atoms with Crippen LogP contribution in [0.25, 0.3) is 22.2 Å². The monoisotopic (exact) mass is 481 g/mol. The molecule has 0 spiro atoms. The van der Waals surface area contributed by atoms with Crippen LogP contribution in [0.1, 0.15) is 36.7 Å². The quantitative estimate of drug-likeness (QED) is 0.423. The molecule has 0 unspecified atom stereocenters. The Morgan fingerprint density at radius 3 is 2.71 bits per heavy atom. The molecule has 3 aromatic heterocycles. The summed E-state index contributed by atoms with van der Waals surface area (Å²) in [6.45, 7) is 5.44. The summed E-state index contributed by atoms with van der Waals surface area (Å²) in [6.07, 6.45) is 1.77. The van der Waals surface area contributed by atoms with Gasteiger partial charge in [-0.15, -0.1) is 0 Å². The lowest BCUT2D eigenvalue weighted by molar-refractivity contribution is 0.229. The van der Waals surface area contributed by atoms with E-state index < -0.39 is 11.6 Å². The normalized spacial score (nSPS) is 14.0. The van der Waals surface area contributed by atoms with E-state index in [9.17, 15) is 13.2 Å². The standard InChI is InChI=1S/C25H26F3N7/c1-14(2)24-17-10-16(11-18(27)23(17)33-34(24)3)22-19(28)12-29-25(32-22)31-21-5-4-15-13-35(9-7-26)8-6-20(15)30-21/h4-5,10-12,14H,6-9,13H2,1-3H3,(H,29,30,31,32). The van der Waals surface area contributed by atoms with Crippen LogP contribution in [0.5, 0.6) is 0 Å². The predicted molar refractivity (Wildman–Crippen MR) is 128 cm³/mol. The number of pyridine rings is 1. The zero-order chi connectivity index (χ0) is 24.7. The molecule has 4 aromatic rings. The summed E-state index contributed by atoms with van der Waals surface area (Å²) in [5.41, 5.74) is 3.38. The molecule has 0 saturated heterocycles. The Hall–Kier alpha value is -3.53. The molecule has 0 fully saturated rings. The zero-order valence-corrected chi connectivity index (χ0v) is 19.8. The Balaban J connectivity index is 1.46. The number of rotatable bonds is 6. The van der Waals surface area contributed by atoms with E-state index in [1.54, 1.807) is 23.9 Å². The van der Waals surface area contributed by atoms with Gasteiger partial charge in [0.1, 0.15) is 23.7 Å². The summed E-state index contributed by atoms with van der Waals surface area (Å²) in [7, 11) is 1.77. The SMILES string of the molecule is CC(C)c1c2cc(-c3nc(Nc4ccc5c(n4)CCN(CCF)C5)ncc3F)cc(F)c2nn1C. The van der Waals surface area contributed by atoms with Gasteiger partial charge in [0, 0.05) is 55.4 Å². The first-order valence-corrected chi connectivity index (χ1v) is 11.6. The molecule has 10 heteroatoms. The van der Waals surface area contributed by atoms with Gasteiger partial charge in [0.2, 0.25) is 5.95 Å². The Morgan fingerprint density at radius 1 is 1.11 bits per heavy atom. The number of nitrogens with one attached hydrogen (secondary N) is 1. The molecule has 1 N–H and O–H groups in total. The number of fused-ring (bicyclic) bond motifs is 2. The molecular weight excluding hydrogens is 455 g/mol. The second-order valence-corrected chi connectivity index (χ2v) is 9.05. The van der Waals surface area contributed by atoms with Gasteiger partial charge in [-0.25, -0.2) is 28.1 Å². The Bertz CT molecular complexity index is 1400. The van der Waals surface area contributed by atoms with Crippen LogP contribution >= 0.6 is 0 Å². The number of hydrogen-bond donors (Lipinski definition) is 1. The largest absolute Gasteiger partial charge is 0.309 e. The molecule has 7 nitrogen and oxygen atoms in total. The first-order valence-electron chi connectivity index (χ1n) is 11.6. The Labute approximate surface area is 201 Å². The molecule has 5 rings (SSSR count). The number of benzene rings is 1. The van der Waals surface area contributed by atoms with Crippen molar-refractivity contribution in [2.24, 2.45) is 7.05 Å². The fourth-order valence-corrected chi connectivity index (χ4v) is 4.69. The molecular formula is C25H26F3N7. The van der Waals surface area contributed by atoms with Crippen LogP contribution < -0.4 is 5.32 Å². The average molecular weight is 482 g/mol. The maximum absolute atomic E-state index is 14.9. The van der Waals surface area contributed by atoms with Crippen LogP contribution in [0.4, 0.5) is 24.9 Å². The molecule has 0 amide bonds. The molecule has 0 atom stereocenters. The second kappa shape index (κ2) is 9.26. The van der Waals surface area contributed by atoms with Gasteiger partial charge in [-0.3, -0.25) is 9.58 Å². The van der Waals surface area contributed by atoms with Gasteiger partial charge in [0.15, 0.2) is 11.6 Å². The minimum Gasteiger partial charge on any atom is -0.309 e. The maximum Gasteiger partial charge on any atom is 0.229 e. The molecule has 4 heterocycles. The second-order valence-electron chi connectivity index (χ2n) is 9.05. The van der Waals surface area contributed by atoms with Gasteiger partial charge in [-0.2, -0.15) is 5.10 Å². The third kappa shape index (κ3) is 4.45. The number of nitrogens with zero attached hydrogens (tertiary/aromatic N) is 6. The van der Waals surface area contributed by atoms with Gasteiger partial charge < -0.3 is 5.32 Å². The van der Waals surface area contributed by atoms with E-state index in [0.29, 0.717) is 36.3 Å². The third-order valence-electron chi connectivity index (χ3n) is 6.27. The van der Waals surface area contributed by atoms with E-state index in [1.165, 1.54) is 6.07 Å². The number of hydrogen-bond acceptors (Lipinski definition) is 6. The van der Waals surface area contributed by atoms with E-state index in [4.69, 9.17) is 0 Å². The highest BCUT2D eigenvalue weighted by Gasteiger charge is 2.20. The van der Waals surface area contributed by atoms with Crippen LogP contribution in [-0.4, -0.2) is 49.4 Å². The van der Waals surface area contributed by atoms with Crippen LogP contribution in [0.3, 0.4) is 0 Å². The van der Waals surface area contributed by atoms with Gasteiger partial charge in [0.05, 0.1) is 6.20 Å². The van der Waals surface area contributed by atoms with E-state index in [2.05, 4.69) is 30.3 Å². The van der Waals surface area contributed by atoms with Crippen molar-refractivity contribution in [3.8, 4) is 11.3 Å². The summed E-state index contributed by atoms with van der Waals surface area (Å²) >= 11 is 0. The van der Waals surface area contributed by atoms with E-state index >= 15 is 0 Å². The van der Waals surface area contributed by atoms with Crippen molar-refractivity contribution in [1.82, 2.24) is 29.6 Å². The first kappa shape index (κ1) is 23.2. The Morgan fingerprint density at radius 2 is 1.94 bits per heavy atom. The van der Waals surface area contributed by atoms with Crippen molar-refractivity contribution >= 4 is 22.7 Å². The van der Waals surface area contributed by atoms with Crippen molar-refractivity contribution in [3.63, 3.8) is 0 Å². The van der Waals surface area contributed by atoms with Crippen LogP contribution in [-0.2, 0) is 20.0 Å². The van der Waals surface area contributed by atoms with Crippen LogP contribution in [0, 0.1) is 11.6 Å². The zero-order valence-electron chi connectivity index (χ0n) is 19.8.